The average molecular weight is 396 g/mol. The first-order chi connectivity index (χ1) is 13.1. The number of anilines is 2. The Balaban J connectivity index is 1.56. The summed E-state index contributed by atoms with van der Waals surface area (Å²) in [4.78, 5) is 17.3. The summed E-state index contributed by atoms with van der Waals surface area (Å²) >= 11 is 7.45. The zero-order valence-corrected chi connectivity index (χ0v) is 15.6. The van der Waals surface area contributed by atoms with Crippen LogP contribution in [-0.2, 0) is 4.79 Å². The number of amides is 1. The number of benzene rings is 2. The minimum atomic E-state index is -0.339. The van der Waals surface area contributed by atoms with E-state index >= 15 is 0 Å². The molecule has 1 aliphatic rings. The van der Waals surface area contributed by atoms with Gasteiger partial charge in [-0.3, -0.25) is 15.6 Å². The van der Waals surface area contributed by atoms with Gasteiger partial charge < -0.3 is 0 Å². The van der Waals surface area contributed by atoms with Gasteiger partial charge in [-0.25, -0.2) is 4.98 Å². The van der Waals surface area contributed by atoms with Crippen molar-refractivity contribution in [3.05, 3.63) is 77.3 Å². The summed E-state index contributed by atoms with van der Waals surface area (Å²) in [7, 11) is 0. The predicted molar refractivity (Wildman–Crippen MR) is 110 cm³/mol. The SMILES string of the molecule is C=C1NN(c2nc(-c3ccccc3)cs2)C(=O)C1=NNc1ccccc1Cl. The van der Waals surface area contributed by atoms with Crippen LogP contribution in [-0.4, -0.2) is 16.6 Å². The molecule has 0 radical (unpaired) electrons. The maximum absolute atomic E-state index is 12.7. The van der Waals surface area contributed by atoms with Gasteiger partial charge in [0.25, 0.3) is 0 Å². The molecule has 1 fully saturated rings. The van der Waals surface area contributed by atoms with Crippen molar-refractivity contribution in [1.29, 1.82) is 0 Å². The topological polar surface area (TPSA) is 69.6 Å². The number of para-hydroxylation sites is 1. The van der Waals surface area contributed by atoms with Gasteiger partial charge in [-0.05, 0) is 12.1 Å². The maximum atomic E-state index is 12.7. The number of nitrogens with zero attached hydrogens (tertiary/aromatic N) is 3. The van der Waals surface area contributed by atoms with Gasteiger partial charge >= 0.3 is 5.91 Å². The smallest absolute Gasteiger partial charge is 0.287 e. The number of carbonyl (C=O) groups is 1. The third-order valence-corrected chi connectivity index (χ3v) is 5.01. The molecule has 0 bridgehead atoms. The highest BCUT2D eigenvalue weighted by atomic mass is 35.5. The minimum Gasteiger partial charge on any atom is -0.287 e. The largest absolute Gasteiger partial charge is 0.301 e. The molecule has 6 nitrogen and oxygen atoms in total. The number of rotatable bonds is 4. The van der Waals surface area contributed by atoms with Crippen LogP contribution in [0.1, 0.15) is 0 Å². The fourth-order valence-corrected chi connectivity index (χ4v) is 3.47. The fourth-order valence-electron chi connectivity index (χ4n) is 2.50. The second-order valence-corrected chi connectivity index (χ2v) is 6.91. The van der Waals surface area contributed by atoms with Crippen LogP contribution in [0.5, 0.6) is 0 Å². The molecular formula is C19H14ClN5OS. The Morgan fingerprint density at radius 1 is 1.15 bits per heavy atom. The third kappa shape index (κ3) is 3.42. The van der Waals surface area contributed by atoms with Crippen molar-refractivity contribution < 1.29 is 4.79 Å². The standard InChI is InChI=1S/C19H14ClN5OS/c1-12-17(23-22-15-10-6-5-9-14(15)20)18(26)25(24-12)19-21-16(11-27-19)13-7-3-2-4-8-13/h2-11,22,24H,1H2. The quantitative estimate of drug-likeness (QED) is 0.646. The number of halogens is 1. The first-order valence-electron chi connectivity index (χ1n) is 8.03. The van der Waals surface area contributed by atoms with Gasteiger partial charge in [-0.1, -0.05) is 60.6 Å². The molecule has 2 aromatic carbocycles. The van der Waals surface area contributed by atoms with Crippen LogP contribution >= 0.6 is 22.9 Å². The second kappa shape index (κ2) is 7.22. The zero-order valence-electron chi connectivity index (χ0n) is 14.0. The lowest BCUT2D eigenvalue weighted by atomic mass is 10.2. The first kappa shape index (κ1) is 17.3. The number of hydrogen-bond acceptors (Lipinski definition) is 6. The summed E-state index contributed by atoms with van der Waals surface area (Å²) in [5, 5.41) is 8.43. The molecule has 2 heterocycles. The molecule has 1 aliphatic heterocycles. The Morgan fingerprint density at radius 2 is 1.89 bits per heavy atom. The van der Waals surface area contributed by atoms with Gasteiger partial charge in [0.1, 0.15) is 0 Å². The van der Waals surface area contributed by atoms with Crippen molar-refractivity contribution in [2.24, 2.45) is 5.10 Å². The molecule has 0 atom stereocenters. The van der Waals surface area contributed by atoms with Crippen molar-refractivity contribution in [3.8, 4) is 11.3 Å². The molecule has 8 heteroatoms. The Labute approximate surface area is 164 Å². The highest BCUT2D eigenvalue weighted by Gasteiger charge is 2.34. The van der Waals surface area contributed by atoms with E-state index in [1.54, 1.807) is 12.1 Å². The van der Waals surface area contributed by atoms with Crippen LogP contribution in [0.15, 0.2) is 77.4 Å². The highest BCUT2D eigenvalue weighted by molar-refractivity contribution is 7.14. The van der Waals surface area contributed by atoms with Crippen LogP contribution in [0, 0.1) is 0 Å². The molecule has 0 spiro atoms. The first-order valence-corrected chi connectivity index (χ1v) is 9.29. The minimum absolute atomic E-state index is 0.173. The van der Waals surface area contributed by atoms with Gasteiger partial charge in [0, 0.05) is 10.9 Å². The van der Waals surface area contributed by atoms with Crippen molar-refractivity contribution in [2.75, 3.05) is 10.4 Å². The van der Waals surface area contributed by atoms with Gasteiger partial charge in [-0.15, -0.1) is 11.3 Å². The van der Waals surface area contributed by atoms with E-state index in [1.807, 2.05) is 47.8 Å². The fraction of sp³-hybridized carbons (Fsp3) is 0. The van der Waals surface area contributed by atoms with Crippen molar-refractivity contribution in [2.45, 2.75) is 0 Å². The Bertz CT molecular complexity index is 1050. The normalized spacial score (nSPS) is 15.3. The number of hydrogen-bond donors (Lipinski definition) is 2. The van der Waals surface area contributed by atoms with E-state index in [-0.39, 0.29) is 11.6 Å². The van der Waals surface area contributed by atoms with Crippen LogP contribution in [0.3, 0.4) is 0 Å². The van der Waals surface area contributed by atoms with Crippen molar-refractivity contribution in [3.63, 3.8) is 0 Å². The third-order valence-electron chi connectivity index (χ3n) is 3.85. The molecule has 27 heavy (non-hydrogen) atoms. The number of carbonyl (C=O) groups excluding carboxylic acids is 1. The van der Waals surface area contributed by atoms with Gasteiger partial charge in [0.05, 0.1) is 22.1 Å². The zero-order chi connectivity index (χ0) is 18.8. The Hall–Kier alpha value is -3.16. The Morgan fingerprint density at radius 3 is 2.67 bits per heavy atom. The highest BCUT2D eigenvalue weighted by Crippen LogP contribution is 2.29. The van der Waals surface area contributed by atoms with Gasteiger partial charge in [0.15, 0.2) is 5.71 Å². The van der Waals surface area contributed by atoms with E-state index in [2.05, 4.69) is 27.5 Å². The summed E-state index contributed by atoms with van der Waals surface area (Å²) in [6.45, 7) is 3.86. The lowest BCUT2D eigenvalue weighted by molar-refractivity contribution is -0.112. The van der Waals surface area contributed by atoms with E-state index < -0.39 is 0 Å². The molecule has 134 valence electrons. The Kier molecular flexibility index (Phi) is 4.62. The molecule has 4 rings (SSSR count). The number of aromatic nitrogens is 1. The molecule has 0 aliphatic carbocycles. The van der Waals surface area contributed by atoms with E-state index in [0.29, 0.717) is 21.5 Å². The lowest BCUT2D eigenvalue weighted by Crippen LogP contribution is -2.34. The molecule has 1 aromatic heterocycles. The maximum Gasteiger partial charge on any atom is 0.301 e. The van der Waals surface area contributed by atoms with Crippen LogP contribution < -0.4 is 15.9 Å². The van der Waals surface area contributed by atoms with Crippen LogP contribution in [0.4, 0.5) is 10.8 Å². The van der Waals surface area contributed by atoms with E-state index in [4.69, 9.17) is 11.6 Å². The van der Waals surface area contributed by atoms with Crippen molar-refractivity contribution in [1.82, 2.24) is 10.4 Å². The van der Waals surface area contributed by atoms with Crippen LogP contribution in [0.25, 0.3) is 11.3 Å². The van der Waals surface area contributed by atoms with Crippen LogP contribution in [0.2, 0.25) is 5.02 Å². The predicted octanol–water partition coefficient (Wildman–Crippen LogP) is 4.30. The van der Waals surface area contributed by atoms with E-state index in [1.165, 1.54) is 16.3 Å². The summed E-state index contributed by atoms with van der Waals surface area (Å²) in [5.74, 6) is -0.339. The van der Waals surface area contributed by atoms with E-state index in [9.17, 15) is 4.79 Å². The molecule has 0 saturated carbocycles. The van der Waals surface area contributed by atoms with Crippen molar-refractivity contribution >= 4 is 45.4 Å². The summed E-state index contributed by atoms with van der Waals surface area (Å²) in [5.41, 5.74) is 8.68. The number of hydrazine groups is 1. The molecule has 0 unspecified atom stereocenters. The molecule has 2 N–H and O–H groups in total. The lowest BCUT2D eigenvalue weighted by Gasteiger charge is -2.10. The molecule has 3 aromatic rings. The summed E-state index contributed by atoms with van der Waals surface area (Å²) < 4.78 is 0. The van der Waals surface area contributed by atoms with E-state index in [0.717, 1.165) is 11.3 Å². The number of thiazole rings is 1. The molecule has 1 amide bonds. The molecule has 1 saturated heterocycles. The monoisotopic (exact) mass is 395 g/mol. The number of nitrogens with one attached hydrogen (secondary N) is 2. The van der Waals surface area contributed by atoms with Gasteiger partial charge in [-0.2, -0.15) is 10.1 Å². The average Bonchev–Trinajstić information content (AvgIpc) is 3.27. The molecular weight excluding hydrogens is 382 g/mol. The van der Waals surface area contributed by atoms with Gasteiger partial charge in [0.2, 0.25) is 5.13 Å². The summed E-state index contributed by atoms with van der Waals surface area (Å²) in [6, 6.07) is 16.9. The second-order valence-electron chi connectivity index (χ2n) is 5.66. The number of hydrazone groups is 1. The summed E-state index contributed by atoms with van der Waals surface area (Å²) in [6.07, 6.45) is 0.